The molecule has 1 aliphatic carbocycles. The zero-order chi connectivity index (χ0) is 14.3. The Morgan fingerprint density at radius 1 is 1.15 bits per heavy atom. The van der Waals surface area contributed by atoms with Gasteiger partial charge >= 0.3 is 0 Å². The summed E-state index contributed by atoms with van der Waals surface area (Å²) in [6.45, 7) is 3.79. The highest BCUT2D eigenvalue weighted by Gasteiger charge is 2.19. The second-order valence-electron chi connectivity index (χ2n) is 5.74. The Hall–Kier alpha value is -0.810. The van der Waals surface area contributed by atoms with E-state index in [1.807, 2.05) is 13.8 Å². The summed E-state index contributed by atoms with van der Waals surface area (Å²) in [7, 11) is 0. The Balaban J connectivity index is 0.00000361. The Labute approximate surface area is 127 Å². The quantitative estimate of drug-likeness (QED) is 0.670. The minimum Gasteiger partial charge on any atom is -0.352 e. The van der Waals surface area contributed by atoms with Gasteiger partial charge in [0.15, 0.2) is 0 Å². The van der Waals surface area contributed by atoms with Crippen LogP contribution in [-0.2, 0) is 9.59 Å². The molecular weight excluding hydrogens is 278 g/mol. The summed E-state index contributed by atoms with van der Waals surface area (Å²) < 4.78 is 0. The maximum atomic E-state index is 11.8. The molecule has 1 fully saturated rings. The van der Waals surface area contributed by atoms with Gasteiger partial charge in [0.25, 0.3) is 0 Å². The smallest absolute Gasteiger partial charge is 0.239 e. The third-order valence-corrected chi connectivity index (χ3v) is 3.66. The number of nitrogens with two attached hydrogens (primary N) is 1. The van der Waals surface area contributed by atoms with E-state index in [1.54, 1.807) is 0 Å². The van der Waals surface area contributed by atoms with Gasteiger partial charge in [-0.2, -0.15) is 0 Å². The first kappa shape index (κ1) is 19.2. The van der Waals surface area contributed by atoms with Gasteiger partial charge < -0.3 is 16.4 Å². The summed E-state index contributed by atoms with van der Waals surface area (Å²) in [5, 5.41) is 5.58. The number of hydrogen-bond donors (Lipinski definition) is 3. The Morgan fingerprint density at radius 2 is 1.70 bits per heavy atom. The number of rotatable bonds is 5. The summed E-state index contributed by atoms with van der Waals surface area (Å²) in [6, 6.07) is -0.281. The van der Waals surface area contributed by atoms with Crippen molar-refractivity contribution in [3.63, 3.8) is 0 Å². The fraction of sp³-hybridized carbons (Fsp3) is 0.857. The summed E-state index contributed by atoms with van der Waals surface area (Å²) in [5.74, 6) is -0.299. The van der Waals surface area contributed by atoms with Gasteiger partial charge in [0, 0.05) is 6.04 Å². The maximum Gasteiger partial charge on any atom is 0.239 e. The molecule has 1 atom stereocenters. The van der Waals surface area contributed by atoms with Crippen LogP contribution in [0.5, 0.6) is 0 Å². The van der Waals surface area contributed by atoms with Crippen LogP contribution in [0.4, 0.5) is 0 Å². The Kier molecular flexibility index (Phi) is 9.59. The highest BCUT2D eigenvalue weighted by molar-refractivity contribution is 5.87. The van der Waals surface area contributed by atoms with E-state index in [2.05, 4.69) is 10.6 Å². The lowest BCUT2D eigenvalue weighted by Gasteiger charge is -2.18. The maximum absolute atomic E-state index is 11.8. The molecule has 0 bridgehead atoms. The lowest BCUT2D eigenvalue weighted by Crippen LogP contribution is -2.48. The van der Waals surface area contributed by atoms with Crippen LogP contribution < -0.4 is 16.4 Å². The van der Waals surface area contributed by atoms with Gasteiger partial charge in [0.05, 0.1) is 12.6 Å². The number of hydrogen-bond acceptors (Lipinski definition) is 3. The van der Waals surface area contributed by atoms with Crippen LogP contribution in [0.1, 0.15) is 52.4 Å². The second kappa shape index (κ2) is 10.00. The molecule has 0 aliphatic heterocycles. The van der Waals surface area contributed by atoms with E-state index in [-0.39, 0.29) is 42.7 Å². The SMILES string of the molecule is CC(C)[C@H](N)C(=O)NCC(=O)NC1CCCCCC1.Cl. The van der Waals surface area contributed by atoms with E-state index in [4.69, 9.17) is 5.73 Å². The van der Waals surface area contributed by atoms with Gasteiger partial charge in [-0.1, -0.05) is 39.5 Å². The molecule has 4 N–H and O–H groups in total. The molecule has 2 amide bonds. The Morgan fingerprint density at radius 3 is 2.20 bits per heavy atom. The molecule has 0 aromatic rings. The number of amides is 2. The molecule has 5 nitrogen and oxygen atoms in total. The van der Waals surface area contributed by atoms with Gasteiger partial charge in [-0.05, 0) is 18.8 Å². The van der Waals surface area contributed by atoms with Gasteiger partial charge in [0.1, 0.15) is 0 Å². The van der Waals surface area contributed by atoms with Gasteiger partial charge in [-0.3, -0.25) is 9.59 Å². The van der Waals surface area contributed by atoms with E-state index in [9.17, 15) is 9.59 Å². The normalized spacial score (nSPS) is 17.8. The molecule has 1 saturated carbocycles. The minimum absolute atomic E-state index is 0. The van der Waals surface area contributed by atoms with Crippen LogP contribution in [0.2, 0.25) is 0 Å². The van der Waals surface area contributed by atoms with Crippen molar-refractivity contribution in [2.75, 3.05) is 6.54 Å². The monoisotopic (exact) mass is 305 g/mol. The third-order valence-electron chi connectivity index (χ3n) is 3.66. The van der Waals surface area contributed by atoms with Crippen LogP contribution in [0.25, 0.3) is 0 Å². The first-order chi connectivity index (χ1) is 9.00. The molecule has 0 spiro atoms. The molecular formula is C14H28ClN3O2. The predicted octanol–water partition coefficient (Wildman–Crippen LogP) is 1.35. The predicted molar refractivity (Wildman–Crippen MR) is 82.7 cm³/mol. The highest BCUT2D eigenvalue weighted by atomic mass is 35.5. The van der Waals surface area contributed by atoms with E-state index < -0.39 is 6.04 Å². The van der Waals surface area contributed by atoms with E-state index >= 15 is 0 Å². The summed E-state index contributed by atoms with van der Waals surface area (Å²) >= 11 is 0. The van der Waals surface area contributed by atoms with Crippen molar-refractivity contribution in [2.24, 2.45) is 11.7 Å². The molecule has 0 aromatic heterocycles. The summed E-state index contributed by atoms with van der Waals surface area (Å²) in [4.78, 5) is 23.4. The molecule has 1 aliphatic rings. The number of nitrogens with one attached hydrogen (secondary N) is 2. The van der Waals surface area contributed by atoms with Crippen molar-refractivity contribution in [1.29, 1.82) is 0 Å². The van der Waals surface area contributed by atoms with E-state index in [1.165, 1.54) is 25.7 Å². The molecule has 1 rings (SSSR count). The number of carbonyl (C=O) groups is 2. The van der Waals surface area contributed by atoms with Crippen molar-refractivity contribution >= 4 is 24.2 Å². The van der Waals surface area contributed by atoms with E-state index in [0.29, 0.717) is 0 Å². The van der Waals surface area contributed by atoms with Crippen LogP contribution in [0.3, 0.4) is 0 Å². The highest BCUT2D eigenvalue weighted by Crippen LogP contribution is 2.16. The van der Waals surface area contributed by atoms with Crippen molar-refractivity contribution < 1.29 is 9.59 Å². The fourth-order valence-electron chi connectivity index (χ4n) is 2.29. The first-order valence-corrected chi connectivity index (χ1v) is 7.33. The van der Waals surface area contributed by atoms with Crippen molar-refractivity contribution in [1.82, 2.24) is 10.6 Å². The van der Waals surface area contributed by atoms with Crippen LogP contribution in [0, 0.1) is 5.92 Å². The van der Waals surface area contributed by atoms with Gasteiger partial charge in [-0.15, -0.1) is 12.4 Å². The average molecular weight is 306 g/mol. The molecule has 0 unspecified atom stereocenters. The summed E-state index contributed by atoms with van der Waals surface area (Å²) in [6.07, 6.45) is 6.96. The lowest BCUT2D eigenvalue weighted by molar-refractivity contribution is -0.127. The third kappa shape index (κ3) is 7.10. The zero-order valence-electron chi connectivity index (χ0n) is 12.5. The molecule has 0 radical (unpaired) electrons. The van der Waals surface area contributed by atoms with Crippen molar-refractivity contribution in [2.45, 2.75) is 64.5 Å². The molecule has 118 valence electrons. The Bertz CT molecular complexity index is 303. The molecule has 6 heteroatoms. The van der Waals surface area contributed by atoms with Gasteiger partial charge in [-0.25, -0.2) is 0 Å². The largest absolute Gasteiger partial charge is 0.352 e. The number of halogens is 1. The summed E-state index contributed by atoms with van der Waals surface area (Å²) in [5.41, 5.74) is 5.71. The molecule has 20 heavy (non-hydrogen) atoms. The molecule has 0 saturated heterocycles. The fourth-order valence-corrected chi connectivity index (χ4v) is 2.29. The lowest BCUT2D eigenvalue weighted by atomic mass is 10.1. The van der Waals surface area contributed by atoms with Crippen molar-refractivity contribution in [3.05, 3.63) is 0 Å². The van der Waals surface area contributed by atoms with Crippen LogP contribution in [-0.4, -0.2) is 30.4 Å². The minimum atomic E-state index is -0.550. The first-order valence-electron chi connectivity index (χ1n) is 7.33. The van der Waals surface area contributed by atoms with Crippen LogP contribution >= 0.6 is 12.4 Å². The van der Waals surface area contributed by atoms with E-state index in [0.717, 1.165) is 12.8 Å². The standard InChI is InChI=1S/C14H27N3O2.ClH/c1-10(2)13(15)14(19)16-9-12(18)17-11-7-5-3-4-6-8-11;/h10-11,13H,3-9,15H2,1-2H3,(H,16,19)(H,17,18);1H/t13-;/m0./s1. The topological polar surface area (TPSA) is 84.2 Å². The number of carbonyl (C=O) groups excluding carboxylic acids is 2. The van der Waals surface area contributed by atoms with Crippen molar-refractivity contribution in [3.8, 4) is 0 Å². The zero-order valence-corrected chi connectivity index (χ0v) is 13.3. The average Bonchev–Trinajstić information content (AvgIpc) is 2.63. The van der Waals surface area contributed by atoms with Gasteiger partial charge in [0.2, 0.25) is 11.8 Å². The molecule has 0 heterocycles. The van der Waals surface area contributed by atoms with Crippen LogP contribution in [0.15, 0.2) is 0 Å². The molecule has 0 aromatic carbocycles. The second-order valence-corrected chi connectivity index (χ2v) is 5.74.